The van der Waals surface area contributed by atoms with Gasteiger partial charge in [0.05, 0.1) is 16.6 Å². The number of hydrogen-bond acceptors (Lipinski definition) is 6. The third-order valence-electron chi connectivity index (χ3n) is 6.58. The number of fused-ring (bicyclic) bond motifs is 1. The van der Waals surface area contributed by atoms with Crippen LogP contribution < -0.4 is 10.5 Å². The molecule has 2 aliphatic rings. The SMILES string of the molecule is CC.Cc1c(C(=O)N2CCN(c3ccccc3)CC2)sc2ncn(CCN3CCCC3=O)c(=O)c12. The van der Waals surface area contributed by atoms with Crippen molar-refractivity contribution in [2.75, 3.05) is 44.2 Å². The van der Waals surface area contributed by atoms with E-state index in [1.807, 2.05) is 43.9 Å². The van der Waals surface area contributed by atoms with E-state index < -0.39 is 0 Å². The first kappa shape index (κ1) is 24.9. The topological polar surface area (TPSA) is 78.8 Å². The van der Waals surface area contributed by atoms with E-state index >= 15 is 0 Å². The van der Waals surface area contributed by atoms with E-state index in [0.717, 1.165) is 26.1 Å². The van der Waals surface area contributed by atoms with Crippen molar-refractivity contribution < 1.29 is 9.59 Å². The maximum Gasteiger partial charge on any atom is 0.264 e. The summed E-state index contributed by atoms with van der Waals surface area (Å²) < 4.78 is 1.56. The van der Waals surface area contributed by atoms with E-state index in [0.29, 0.717) is 53.3 Å². The third kappa shape index (κ3) is 5.10. The van der Waals surface area contributed by atoms with Crippen molar-refractivity contribution in [3.63, 3.8) is 0 Å². The van der Waals surface area contributed by atoms with Crippen LogP contribution in [0, 0.1) is 6.92 Å². The Morgan fingerprint density at radius 2 is 1.71 bits per heavy atom. The molecule has 1 aromatic carbocycles. The van der Waals surface area contributed by atoms with E-state index in [4.69, 9.17) is 0 Å². The molecule has 0 radical (unpaired) electrons. The summed E-state index contributed by atoms with van der Waals surface area (Å²) in [6.45, 7) is 10.3. The molecule has 0 spiro atoms. The summed E-state index contributed by atoms with van der Waals surface area (Å²) in [5, 5.41) is 0.515. The first-order chi connectivity index (χ1) is 17.0. The van der Waals surface area contributed by atoms with Gasteiger partial charge in [0.15, 0.2) is 0 Å². The van der Waals surface area contributed by atoms with E-state index in [1.165, 1.54) is 23.4 Å². The van der Waals surface area contributed by atoms with Crippen LogP contribution in [0.2, 0.25) is 0 Å². The fourth-order valence-corrected chi connectivity index (χ4v) is 5.75. The smallest absolute Gasteiger partial charge is 0.264 e. The predicted octanol–water partition coefficient (Wildman–Crippen LogP) is 3.38. The van der Waals surface area contributed by atoms with Gasteiger partial charge in [-0.15, -0.1) is 11.3 Å². The molecule has 0 aliphatic carbocycles. The molecule has 35 heavy (non-hydrogen) atoms. The van der Waals surface area contributed by atoms with Crippen molar-refractivity contribution in [3.05, 3.63) is 57.5 Å². The molecule has 2 amide bonds. The van der Waals surface area contributed by atoms with Gasteiger partial charge < -0.3 is 14.7 Å². The van der Waals surface area contributed by atoms with Crippen LogP contribution in [-0.4, -0.2) is 70.4 Å². The van der Waals surface area contributed by atoms with Gasteiger partial charge in [-0.1, -0.05) is 32.0 Å². The molecule has 9 heteroatoms. The Labute approximate surface area is 209 Å². The summed E-state index contributed by atoms with van der Waals surface area (Å²) in [5.74, 6) is 0.112. The van der Waals surface area contributed by atoms with Crippen LogP contribution in [0.1, 0.15) is 41.9 Å². The maximum atomic E-state index is 13.3. The fourth-order valence-electron chi connectivity index (χ4n) is 4.64. The van der Waals surface area contributed by atoms with Gasteiger partial charge in [0, 0.05) is 57.9 Å². The Morgan fingerprint density at radius 1 is 1.00 bits per heavy atom. The number of hydrogen-bond donors (Lipinski definition) is 0. The van der Waals surface area contributed by atoms with Crippen molar-refractivity contribution in [1.82, 2.24) is 19.4 Å². The average Bonchev–Trinajstić information content (AvgIpc) is 3.47. The number of likely N-dealkylation sites (tertiary alicyclic amines) is 1. The number of aromatic nitrogens is 2. The van der Waals surface area contributed by atoms with Gasteiger partial charge >= 0.3 is 0 Å². The summed E-state index contributed by atoms with van der Waals surface area (Å²) in [6, 6.07) is 10.2. The molecule has 0 bridgehead atoms. The Morgan fingerprint density at radius 3 is 2.37 bits per heavy atom. The molecule has 4 heterocycles. The molecule has 8 nitrogen and oxygen atoms in total. The molecule has 5 rings (SSSR count). The minimum Gasteiger partial charge on any atom is -0.368 e. The molecule has 186 valence electrons. The number of carbonyl (C=O) groups excluding carboxylic acids is 2. The number of anilines is 1. The van der Waals surface area contributed by atoms with Crippen LogP contribution in [-0.2, 0) is 11.3 Å². The van der Waals surface area contributed by atoms with E-state index in [9.17, 15) is 14.4 Å². The lowest BCUT2D eigenvalue weighted by Gasteiger charge is -2.36. The number of carbonyl (C=O) groups is 2. The van der Waals surface area contributed by atoms with Crippen LogP contribution in [0.15, 0.2) is 41.5 Å². The normalized spacial score (nSPS) is 16.0. The number of piperazine rings is 1. The van der Waals surface area contributed by atoms with Gasteiger partial charge in [0.1, 0.15) is 4.83 Å². The number of aryl methyl sites for hydroxylation is 1. The van der Waals surface area contributed by atoms with Gasteiger partial charge in [-0.2, -0.15) is 0 Å². The van der Waals surface area contributed by atoms with Crippen LogP contribution >= 0.6 is 11.3 Å². The van der Waals surface area contributed by atoms with Crippen LogP contribution in [0.5, 0.6) is 0 Å². The summed E-state index contributed by atoms with van der Waals surface area (Å²) in [5.41, 5.74) is 1.73. The molecule has 2 saturated heterocycles. The Balaban J connectivity index is 0.00000141. The standard InChI is InChI=1S/C24H27N5O3S.C2H6/c1-17-20-22(25-16-29(23(20)31)15-12-27-9-5-8-19(27)30)33-21(17)24(32)28-13-10-26(11-14-28)18-6-3-2-4-7-18;1-2/h2-4,6-7,16H,5,8-15H2,1H3;1-2H3. The molecule has 0 saturated carbocycles. The number of para-hydroxylation sites is 1. The van der Waals surface area contributed by atoms with Crippen molar-refractivity contribution in [2.24, 2.45) is 0 Å². The minimum absolute atomic E-state index is 0.0307. The van der Waals surface area contributed by atoms with Crippen LogP contribution in [0.3, 0.4) is 0 Å². The molecule has 2 aliphatic heterocycles. The van der Waals surface area contributed by atoms with Crippen molar-refractivity contribution in [3.8, 4) is 0 Å². The quantitative estimate of drug-likeness (QED) is 0.542. The zero-order chi connectivity index (χ0) is 24.9. The summed E-state index contributed by atoms with van der Waals surface area (Å²) in [4.78, 5) is 49.9. The number of amides is 2. The van der Waals surface area contributed by atoms with Crippen LogP contribution in [0.4, 0.5) is 5.69 Å². The number of benzene rings is 1. The monoisotopic (exact) mass is 495 g/mol. The van der Waals surface area contributed by atoms with Gasteiger partial charge in [0.2, 0.25) is 5.91 Å². The fraction of sp³-hybridized carbons (Fsp3) is 0.462. The molecular weight excluding hydrogens is 462 g/mol. The zero-order valence-corrected chi connectivity index (χ0v) is 21.5. The summed E-state index contributed by atoms with van der Waals surface area (Å²) in [7, 11) is 0. The molecule has 2 fully saturated rings. The number of rotatable bonds is 5. The first-order valence-corrected chi connectivity index (χ1v) is 13.2. The minimum atomic E-state index is -0.145. The largest absolute Gasteiger partial charge is 0.368 e. The third-order valence-corrected chi connectivity index (χ3v) is 7.77. The Hall–Kier alpha value is -3.20. The molecule has 0 atom stereocenters. The Kier molecular flexibility index (Phi) is 7.85. The lowest BCUT2D eigenvalue weighted by Crippen LogP contribution is -2.48. The van der Waals surface area contributed by atoms with Crippen molar-refractivity contribution in [1.29, 1.82) is 0 Å². The van der Waals surface area contributed by atoms with E-state index in [2.05, 4.69) is 22.0 Å². The highest BCUT2D eigenvalue weighted by molar-refractivity contribution is 7.20. The highest BCUT2D eigenvalue weighted by Crippen LogP contribution is 2.28. The molecule has 0 N–H and O–H groups in total. The second-order valence-electron chi connectivity index (χ2n) is 8.58. The first-order valence-electron chi connectivity index (χ1n) is 12.4. The highest BCUT2D eigenvalue weighted by Gasteiger charge is 2.27. The zero-order valence-electron chi connectivity index (χ0n) is 20.7. The van der Waals surface area contributed by atoms with Gasteiger partial charge in [-0.05, 0) is 31.0 Å². The van der Waals surface area contributed by atoms with Crippen molar-refractivity contribution >= 4 is 39.1 Å². The highest BCUT2D eigenvalue weighted by atomic mass is 32.1. The summed E-state index contributed by atoms with van der Waals surface area (Å²) in [6.07, 6.45) is 2.99. The summed E-state index contributed by atoms with van der Waals surface area (Å²) >= 11 is 1.30. The number of thiophene rings is 1. The lowest BCUT2D eigenvalue weighted by atomic mass is 10.2. The molecule has 3 aromatic rings. The predicted molar refractivity (Wildman–Crippen MR) is 140 cm³/mol. The van der Waals surface area contributed by atoms with Crippen molar-refractivity contribution in [2.45, 2.75) is 40.2 Å². The molecule has 0 unspecified atom stereocenters. The number of nitrogens with zero attached hydrogens (tertiary/aromatic N) is 5. The maximum absolute atomic E-state index is 13.3. The van der Waals surface area contributed by atoms with Gasteiger partial charge in [-0.25, -0.2) is 4.98 Å². The lowest BCUT2D eigenvalue weighted by molar-refractivity contribution is -0.127. The molecule has 2 aromatic heterocycles. The average molecular weight is 496 g/mol. The van der Waals surface area contributed by atoms with E-state index in [1.54, 1.807) is 9.47 Å². The Bertz CT molecular complexity index is 1250. The molecular formula is C26H33N5O3S. The van der Waals surface area contributed by atoms with E-state index in [-0.39, 0.29) is 17.4 Å². The van der Waals surface area contributed by atoms with Gasteiger partial charge in [-0.3, -0.25) is 19.0 Å². The second-order valence-corrected chi connectivity index (χ2v) is 9.58. The van der Waals surface area contributed by atoms with Gasteiger partial charge in [0.25, 0.3) is 11.5 Å². The van der Waals surface area contributed by atoms with Crippen LogP contribution in [0.25, 0.3) is 10.2 Å². The second kappa shape index (κ2) is 11.0.